The molecule has 0 aromatic carbocycles. The summed E-state index contributed by atoms with van der Waals surface area (Å²) in [5, 5.41) is 8.55. The Bertz CT molecular complexity index is 76.0. The Balaban J connectivity index is 3.02. The Morgan fingerprint density at radius 2 is 1.82 bits per heavy atom. The van der Waals surface area contributed by atoms with E-state index in [1.165, 1.54) is 30.1 Å². The van der Waals surface area contributed by atoms with Gasteiger partial charge in [0.15, 0.2) is 0 Å². The molecule has 0 bridgehead atoms. The molecule has 1 atom stereocenters. The van der Waals surface area contributed by atoms with Gasteiger partial charge in [-0.05, 0) is 29.6 Å². The van der Waals surface area contributed by atoms with E-state index in [9.17, 15) is 0 Å². The zero-order valence-electron chi connectivity index (χ0n) is 7.35. The largest absolute Gasteiger partial charge is 0.396 e. The maximum absolute atomic E-state index is 8.55. The van der Waals surface area contributed by atoms with Gasteiger partial charge in [0.05, 0.1) is 0 Å². The lowest BCUT2D eigenvalue weighted by molar-refractivity contribution is 0.278. The van der Waals surface area contributed by atoms with Crippen molar-refractivity contribution in [2.24, 2.45) is 5.92 Å². The molecule has 0 aliphatic carbocycles. The predicted molar refractivity (Wildman–Crippen MR) is 58.2 cm³/mol. The topological polar surface area (TPSA) is 20.2 Å². The van der Waals surface area contributed by atoms with Crippen LogP contribution in [0, 0.1) is 5.92 Å². The first-order chi connectivity index (χ1) is 5.31. The van der Waals surface area contributed by atoms with Crippen molar-refractivity contribution in [3.8, 4) is 0 Å². The van der Waals surface area contributed by atoms with Gasteiger partial charge in [-0.2, -0.15) is 0 Å². The molecule has 0 aromatic rings. The van der Waals surface area contributed by atoms with Gasteiger partial charge in [0.1, 0.15) is 0 Å². The quantitative estimate of drug-likeness (QED) is 0.428. The average Bonchev–Trinajstić information content (AvgIpc) is 2.01. The summed E-state index contributed by atoms with van der Waals surface area (Å²) in [7, 11) is 0. The second kappa shape index (κ2) is 8.78. The van der Waals surface area contributed by atoms with Crippen molar-refractivity contribution in [2.45, 2.75) is 39.0 Å². The first kappa shape index (κ1) is 11.7. The van der Waals surface area contributed by atoms with Crippen molar-refractivity contribution in [2.75, 3.05) is 11.0 Å². The monoisotopic (exact) mass is 270 g/mol. The van der Waals surface area contributed by atoms with Gasteiger partial charge in [-0.3, -0.25) is 0 Å². The molecule has 0 spiro atoms. The van der Waals surface area contributed by atoms with E-state index >= 15 is 0 Å². The Labute approximate surface area is 83.7 Å². The van der Waals surface area contributed by atoms with Crippen LogP contribution in [-0.2, 0) is 0 Å². The fourth-order valence-electron chi connectivity index (χ4n) is 1.17. The molecule has 0 saturated heterocycles. The van der Waals surface area contributed by atoms with Crippen LogP contribution in [0.3, 0.4) is 0 Å². The van der Waals surface area contributed by atoms with Gasteiger partial charge in [-0.25, -0.2) is 0 Å². The summed E-state index contributed by atoms with van der Waals surface area (Å²) in [6.07, 6.45) is 6.17. The molecule has 0 saturated carbocycles. The van der Waals surface area contributed by atoms with Crippen LogP contribution in [0.25, 0.3) is 0 Å². The first-order valence-corrected chi connectivity index (χ1v) is 6.00. The third kappa shape index (κ3) is 8.60. The highest BCUT2D eigenvalue weighted by molar-refractivity contribution is 14.1. The van der Waals surface area contributed by atoms with Crippen LogP contribution < -0.4 is 0 Å². The summed E-state index contributed by atoms with van der Waals surface area (Å²) in [6, 6.07) is 0. The van der Waals surface area contributed by atoms with Crippen LogP contribution >= 0.6 is 22.6 Å². The number of aliphatic hydroxyl groups excluding tert-OH is 1. The summed E-state index contributed by atoms with van der Waals surface area (Å²) in [4.78, 5) is 0. The van der Waals surface area contributed by atoms with Gasteiger partial charge in [0, 0.05) is 6.61 Å². The first-order valence-electron chi connectivity index (χ1n) is 4.48. The third-order valence-corrected chi connectivity index (χ3v) is 2.70. The number of hydrogen-bond acceptors (Lipinski definition) is 1. The van der Waals surface area contributed by atoms with Crippen LogP contribution in [-0.4, -0.2) is 16.1 Å². The summed E-state index contributed by atoms with van der Waals surface area (Å²) >= 11 is 2.43. The van der Waals surface area contributed by atoms with Gasteiger partial charge in [0.2, 0.25) is 0 Å². The molecule has 0 amide bonds. The van der Waals surface area contributed by atoms with E-state index < -0.39 is 0 Å². The smallest absolute Gasteiger partial charge is 0.0431 e. The van der Waals surface area contributed by atoms with Crippen LogP contribution in [0.15, 0.2) is 0 Å². The highest BCUT2D eigenvalue weighted by Gasteiger charge is 2.00. The van der Waals surface area contributed by atoms with Gasteiger partial charge in [-0.15, -0.1) is 0 Å². The molecular formula is C9H19IO. The fraction of sp³-hybridized carbons (Fsp3) is 1.00. The van der Waals surface area contributed by atoms with Crippen LogP contribution in [0.1, 0.15) is 39.0 Å². The molecule has 0 aliphatic rings. The number of halogens is 1. The molecule has 0 unspecified atom stereocenters. The van der Waals surface area contributed by atoms with E-state index in [1.54, 1.807) is 0 Å². The molecule has 11 heavy (non-hydrogen) atoms. The lowest BCUT2D eigenvalue weighted by Gasteiger charge is -2.08. The van der Waals surface area contributed by atoms with E-state index in [0.717, 1.165) is 12.3 Å². The Morgan fingerprint density at radius 1 is 1.18 bits per heavy atom. The normalized spacial score (nSPS) is 13.4. The number of rotatable bonds is 7. The van der Waals surface area contributed by atoms with Crippen molar-refractivity contribution in [1.29, 1.82) is 0 Å². The summed E-state index contributed by atoms with van der Waals surface area (Å²) in [6.45, 7) is 2.67. The zero-order valence-corrected chi connectivity index (χ0v) is 9.51. The number of unbranched alkanes of at least 4 members (excludes halogenated alkanes) is 1. The summed E-state index contributed by atoms with van der Waals surface area (Å²) in [5.41, 5.74) is 0. The maximum atomic E-state index is 8.55. The fourth-order valence-corrected chi connectivity index (χ4v) is 1.61. The molecule has 0 fully saturated rings. The minimum absolute atomic E-state index is 0.360. The lowest BCUT2D eigenvalue weighted by Crippen LogP contribution is -1.96. The molecule has 2 heteroatoms. The van der Waals surface area contributed by atoms with Crippen LogP contribution in [0.5, 0.6) is 0 Å². The zero-order chi connectivity index (χ0) is 8.53. The van der Waals surface area contributed by atoms with Crippen molar-refractivity contribution < 1.29 is 5.11 Å². The van der Waals surface area contributed by atoms with Gasteiger partial charge >= 0.3 is 0 Å². The van der Waals surface area contributed by atoms with E-state index in [4.69, 9.17) is 5.11 Å². The molecule has 1 nitrogen and oxygen atoms in total. The number of aliphatic hydroxyl groups is 1. The van der Waals surface area contributed by atoms with Gasteiger partial charge < -0.3 is 5.11 Å². The number of hydrogen-bond donors (Lipinski definition) is 1. The van der Waals surface area contributed by atoms with Gasteiger partial charge in [0.25, 0.3) is 0 Å². The summed E-state index contributed by atoms with van der Waals surface area (Å²) in [5.74, 6) is 0.858. The molecule has 0 aromatic heterocycles. The SMILES string of the molecule is C[C@@H](CCCI)CCCCO. The molecular weight excluding hydrogens is 251 g/mol. The standard InChI is InChI=1S/C9H19IO/c1-9(6-4-7-10)5-2-3-8-11/h9,11H,2-8H2,1H3/t9-/m1/s1. The average molecular weight is 270 g/mol. The second-order valence-electron chi connectivity index (χ2n) is 3.16. The van der Waals surface area contributed by atoms with Crippen molar-refractivity contribution in [3.63, 3.8) is 0 Å². The Kier molecular flexibility index (Phi) is 9.33. The van der Waals surface area contributed by atoms with E-state index in [2.05, 4.69) is 29.5 Å². The molecule has 0 rings (SSSR count). The van der Waals surface area contributed by atoms with Crippen molar-refractivity contribution in [3.05, 3.63) is 0 Å². The molecule has 68 valence electrons. The Morgan fingerprint density at radius 3 is 2.36 bits per heavy atom. The third-order valence-electron chi connectivity index (χ3n) is 1.94. The molecule has 1 N–H and O–H groups in total. The van der Waals surface area contributed by atoms with Crippen molar-refractivity contribution in [1.82, 2.24) is 0 Å². The summed E-state index contributed by atoms with van der Waals surface area (Å²) < 4.78 is 1.28. The second-order valence-corrected chi connectivity index (χ2v) is 4.23. The van der Waals surface area contributed by atoms with Gasteiger partial charge in [-0.1, -0.05) is 42.4 Å². The minimum Gasteiger partial charge on any atom is -0.396 e. The molecule has 0 heterocycles. The number of alkyl halides is 1. The minimum atomic E-state index is 0.360. The van der Waals surface area contributed by atoms with E-state index in [-0.39, 0.29) is 0 Å². The highest BCUT2D eigenvalue weighted by atomic mass is 127. The predicted octanol–water partition coefficient (Wildman–Crippen LogP) is 3.00. The Hall–Kier alpha value is 0.690. The molecule has 0 aliphatic heterocycles. The molecule has 0 radical (unpaired) electrons. The van der Waals surface area contributed by atoms with E-state index in [0.29, 0.717) is 6.61 Å². The van der Waals surface area contributed by atoms with Crippen LogP contribution in [0.2, 0.25) is 0 Å². The highest BCUT2D eigenvalue weighted by Crippen LogP contribution is 2.14. The van der Waals surface area contributed by atoms with Crippen molar-refractivity contribution >= 4 is 22.6 Å². The van der Waals surface area contributed by atoms with E-state index in [1.807, 2.05) is 0 Å². The van der Waals surface area contributed by atoms with Crippen LogP contribution in [0.4, 0.5) is 0 Å². The maximum Gasteiger partial charge on any atom is 0.0431 e. The lowest BCUT2D eigenvalue weighted by atomic mass is 9.99.